The van der Waals surface area contributed by atoms with Crippen LogP contribution >= 0.6 is 15.9 Å². The minimum absolute atomic E-state index is 0.186. The molecule has 1 heterocycles. The number of carbonyl (C=O) groups excluding carboxylic acids is 1. The van der Waals surface area contributed by atoms with Crippen molar-refractivity contribution in [3.63, 3.8) is 0 Å². The molecule has 1 aromatic rings. The van der Waals surface area contributed by atoms with E-state index in [9.17, 15) is 4.79 Å². The average molecular weight is 261 g/mol. The van der Waals surface area contributed by atoms with Crippen LogP contribution in [0.1, 0.15) is 17.5 Å². The zero-order chi connectivity index (χ0) is 10.4. The molecule has 78 valence electrons. The molecule has 0 bridgehead atoms. The monoisotopic (exact) mass is 260 g/mol. The van der Waals surface area contributed by atoms with Crippen molar-refractivity contribution < 1.29 is 9.21 Å². The lowest BCUT2D eigenvalue weighted by molar-refractivity contribution is 0.0925. The van der Waals surface area contributed by atoms with Gasteiger partial charge < -0.3 is 15.1 Å². The van der Waals surface area contributed by atoms with Crippen LogP contribution in [0.15, 0.2) is 21.2 Å². The van der Waals surface area contributed by atoms with Gasteiger partial charge in [-0.25, -0.2) is 0 Å². The van der Waals surface area contributed by atoms with Crippen molar-refractivity contribution in [2.75, 3.05) is 19.6 Å². The highest BCUT2D eigenvalue weighted by molar-refractivity contribution is 9.10. The molecule has 1 aromatic heterocycles. The number of halogens is 1. The molecule has 0 saturated heterocycles. The Kier molecular flexibility index (Phi) is 4.69. The van der Waals surface area contributed by atoms with Gasteiger partial charge in [0, 0.05) is 13.1 Å². The molecule has 0 radical (unpaired) electrons. The first-order valence-corrected chi connectivity index (χ1v) is 5.27. The number of nitrogens with one attached hydrogen (secondary N) is 2. The molecular formula is C9H13BrN2O2. The van der Waals surface area contributed by atoms with Crippen LogP contribution in [0, 0.1) is 0 Å². The summed E-state index contributed by atoms with van der Waals surface area (Å²) in [7, 11) is 0. The number of hydrogen-bond donors (Lipinski definition) is 2. The van der Waals surface area contributed by atoms with E-state index in [1.165, 1.54) is 0 Å². The molecule has 1 amide bonds. The highest BCUT2D eigenvalue weighted by Gasteiger charge is 2.08. The summed E-state index contributed by atoms with van der Waals surface area (Å²) in [5.41, 5.74) is 0. The predicted molar refractivity (Wildman–Crippen MR) is 57.3 cm³/mol. The fourth-order valence-corrected chi connectivity index (χ4v) is 1.27. The van der Waals surface area contributed by atoms with Gasteiger partial charge in [0.2, 0.25) is 0 Å². The fourth-order valence-electron chi connectivity index (χ4n) is 0.965. The number of amides is 1. The molecule has 0 unspecified atom stereocenters. The fraction of sp³-hybridized carbons (Fsp3) is 0.444. The van der Waals surface area contributed by atoms with Gasteiger partial charge in [-0.2, -0.15) is 0 Å². The van der Waals surface area contributed by atoms with Gasteiger partial charge in [-0.3, -0.25) is 4.79 Å². The topological polar surface area (TPSA) is 54.3 Å². The quantitative estimate of drug-likeness (QED) is 0.787. The van der Waals surface area contributed by atoms with Crippen LogP contribution in [-0.2, 0) is 0 Å². The summed E-state index contributed by atoms with van der Waals surface area (Å²) in [6, 6.07) is 3.33. The maximum Gasteiger partial charge on any atom is 0.287 e. The Morgan fingerprint density at radius 3 is 2.86 bits per heavy atom. The summed E-state index contributed by atoms with van der Waals surface area (Å²) < 4.78 is 5.65. The number of furan rings is 1. The van der Waals surface area contributed by atoms with Crippen molar-refractivity contribution in [1.82, 2.24) is 10.6 Å². The predicted octanol–water partition coefficient (Wildman–Crippen LogP) is 1.38. The van der Waals surface area contributed by atoms with Gasteiger partial charge >= 0.3 is 0 Å². The summed E-state index contributed by atoms with van der Waals surface area (Å²) in [6.45, 7) is 4.29. The second-order valence-electron chi connectivity index (χ2n) is 2.71. The molecule has 1 rings (SSSR count). The highest BCUT2D eigenvalue weighted by atomic mass is 79.9. The van der Waals surface area contributed by atoms with Crippen LogP contribution in [0.4, 0.5) is 0 Å². The zero-order valence-corrected chi connectivity index (χ0v) is 9.56. The number of carbonyl (C=O) groups is 1. The molecule has 0 fully saturated rings. The van der Waals surface area contributed by atoms with Crippen molar-refractivity contribution in [2.24, 2.45) is 0 Å². The lowest BCUT2D eigenvalue weighted by atomic mass is 10.4. The Labute approximate surface area is 91.2 Å². The van der Waals surface area contributed by atoms with E-state index in [-0.39, 0.29) is 5.91 Å². The zero-order valence-electron chi connectivity index (χ0n) is 7.97. The van der Waals surface area contributed by atoms with Crippen molar-refractivity contribution in [3.8, 4) is 0 Å². The average Bonchev–Trinajstić information content (AvgIpc) is 2.59. The van der Waals surface area contributed by atoms with Gasteiger partial charge in [0.05, 0.1) is 0 Å². The maximum absolute atomic E-state index is 11.4. The summed E-state index contributed by atoms with van der Waals surface area (Å²) in [5, 5.41) is 5.84. The summed E-state index contributed by atoms with van der Waals surface area (Å²) in [6.07, 6.45) is 0. The first kappa shape index (κ1) is 11.3. The molecule has 5 heteroatoms. The van der Waals surface area contributed by atoms with Crippen LogP contribution in [0.25, 0.3) is 0 Å². The molecule has 0 aliphatic heterocycles. The second kappa shape index (κ2) is 5.82. The van der Waals surface area contributed by atoms with E-state index in [0.29, 0.717) is 17.0 Å². The van der Waals surface area contributed by atoms with Gasteiger partial charge in [0.1, 0.15) is 0 Å². The van der Waals surface area contributed by atoms with E-state index in [1.807, 2.05) is 6.92 Å². The minimum atomic E-state index is -0.186. The molecular weight excluding hydrogens is 248 g/mol. The van der Waals surface area contributed by atoms with Crippen molar-refractivity contribution in [2.45, 2.75) is 6.92 Å². The lowest BCUT2D eigenvalue weighted by Gasteiger charge is -2.02. The Bertz CT molecular complexity index is 299. The van der Waals surface area contributed by atoms with Crippen LogP contribution in [0.2, 0.25) is 0 Å². The molecule has 14 heavy (non-hydrogen) atoms. The third-order valence-electron chi connectivity index (χ3n) is 1.63. The van der Waals surface area contributed by atoms with Gasteiger partial charge in [-0.05, 0) is 34.6 Å². The highest BCUT2D eigenvalue weighted by Crippen LogP contribution is 2.13. The van der Waals surface area contributed by atoms with Crippen LogP contribution in [0.3, 0.4) is 0 Å². The molecule has 0 aromatic carbocycles. The number of rotatable bonds is 5. The largest absolute Gasteiger partial charge is 0.444 e. The van der Waals surface area contributed by atoms with Crippen LogP contribution in [0.5, 0.6) is 0 Å². The number of hydrogen-bond acceptors (Lipinski definition) is 3. The normalized spacial score (nSPS) is 10.1. The minimum Gasteiger partial charge on any atom is -0.444 e. The van der Waals surface area contributed by atoms with Crippen molar-refractivity contribution in [3.05, 3.63) is 22.6 Å². The Balaban J connectivity index is 2.29. The molecule has 0 saturated carbocycles. The van der Waals surface area contributed by atoms with E-state index >= 15 is 0 Å². The molecule has 2 N–H and O–H groups in total. The molecule has 0 aliphatic rings. The van der Waals surface area contributed by atoms with E-state index in [2.05, 4.69) is 26.6 Å². The SMILES string of the molecule is CCNCCNC(=O)c1ccc(Br)o1. The molecule has 0 spiro atoms. The van der Waals surface area contributed by atoms with E-state index < -0.39 is 0 Å². The van der Waals surface area contributed by atoms with Crippen molar-refractivity contribution in [1.29, 1.82) is 0 Å². The smallest absolute Gasteiger partial charge is 0.287 e. The Morgan fingerprint density at radius 1 is 1.50 bits per heavy atom. The first-order valence-electron chi connectivity index (χ1n) is 4.48. The standard InChI is InChI=1S/C9H13BrN2O2/c1-2-11-5-6-12-9(13)7-3-4-8(10)14-7/h3-4,11H,2,5-6H2,1H3,(H,12,13). The van der Waals surface area contributed by atoms with E-state index in [1.54, 1.807) is 12.1 Å². The summed E-state index contributed by atoms with van der Waals surface area (Å²) in [5.74, 6) is 0.141. The van der Waals surface area contributed by atoms with Gasteiger partial charge in [-0.1, -0.05) is 6.92 Å². The summed E-state index contributed by atoms with van der Waals surface area (Å²) in [4.78, 5) is 11.4. The van der Waals surface area contributed by atoms with Crippen molar-refractivity contribution >= 4 is 21.8 Å². The maximum atomic E-state index is 11.4. The third kappa shape index (κ3) is 3.51. The first-order chi connectivity index (χ1) is 6.74. The van der Waals surface area contributed by atoms with E-state index in [0.717, 1.165) is 13.1 Å². The molecule has 0 atom stereocenters. The van der Waals surface area contributed by atoms with E-state index in [4.69, 9.17) is 4.42 Å². The van der Waals surface area contributed by atoms with Gasteiger partial charge in [-0.15, -0.1) is 0 Å². The van der Waals surface area contributed by atoms with Gasteiger partial charge in [0.15, 0.2) is 10.4 Å². The molecule has 0 aliphatic carbocycles. The number of likely N-dealkylation sites (N-methyl/N-ethyl adjacent to an activating group) is 1. The Hall–Kier alpha value is -0.810. The van der Waals surface area contributed by atoms with Crippen LogP contribution in [-0.4, -0.2) is 25.5 Å². The van der Waals surface area contributed by atoms with Gasteiger partial charge in [0.25, 0.3) is 5.91 Å². The second-order valence-corrected chi connectivity index (χ2v) is 3.49. The molecule has 4 nitrogen and oxygen atoms in total. The lowest BCUT2D eigenvalue weighted by Crippen LogP contribution is -2.31. The summed E-state index contributed by atoms with van der Waals surface area (Å²) >= 11 is 3.13. The Morgan fingerprint density at radius 2 is 2.29 bits per heavy atom. The van der Waals surface area contributed by atoms with Crippen LogP contribution < -0.4 is 10.6 Å². The third-order valence-corrected chi connectivity index (χ3v) is 2.06.